The molecule has 140 valence electrons. The number of ether oxygens (including phenoxy) is 2. The second kappa shape index (κ2) is 7.14. The van der Waals surface area contributed by atoms with E-state index in [4.69, 9.17) is 4.74 Å². The summed E-state index contributed by atoms with van der Waals surface area (Å²) in [4.78, 5) is 17.1. The lowest BCUT2D eigenvalue weighted by atomic mass is 10.1. The van der Waals surface area contributed by atoms with E-state index in [1.165, 1.54) is 24.9 Å². The standard InChI is InChI=1S/C17H19F2N3O3S/c1-8(2)22-15-13(16(23)21-22)14(26-9(3)20-15)10-5-6-11(25-17(18)19)12(7-10)24-4/h5-8,14,17H,1-4H3,(H,21,23)/t14-/m1/s1. The van der Waals surface area contributed by atoms with E-state index in [2.05, 4.69) is 14.8 Å². The molecule has 0 saturated heterocycles. The minimum absolute atomic E-state index is 0.0445. The van der Waals surface area contributed by atoms with Gasteiger partial charge >= 0.3 is 6.61 Å². The number of methoxy groups -OCH3 is 1. The Morgan fingerprint density at radius 2 is 2.04 bits per heavy atom. The lowest BCUT2D eigenvalue weighted by Crippen LogP contribution is -2.14. The van der Waals surface area contributed by atoms with Crippen LogP contribution < -0.4 is 15.0 Å². The Bertz CT molecular complexity index is 905. The first kappa shape index (κ1) is 18.5. The number of fused-ring (bicyclic) bond motifs is 1. The molecule has 9 heteroatoms. The smallest absolute Gasteiger partial charge is 0.387 e. The molecule has 26 heavy (non-hydrogen) atoms. The van der Waals surface area contributed by atoms with Crippen LogP contribution in [0.1, 0.15) is 43.2 Å². The summed E-state index contributed by atoms with van der Waals surface area (Å²) in [7, 11) is 1.38. The van der Waals surface area contributed by atoms with Crippen molar-refractivity contribution in [2.45, 2.75) is 38.7 Å². The topological polar surface area (TPSA) is 68.6 Å². The van der Waals surface area contributed by atoms with Gasteiger partial charge in [0.15, 0.2) is 17.3 Å². The van der Waals surface area contributed by atoms with Crippen molar-refractivity contribution in [2.24, 2.45) is 4.99 Å². The summed E-state index contributed by atoms with van der Waals surface area (Å²) in [6.45, 7) is 2.84. The fraction of sp³-hybridized carbons (Fsp3) is 0.412. The van der Waals surface area contributed by atoms with Gasteiger partial charge in [0.25, 0.3) is 5.56 Å². The van der Waals surface area contributed by atoms with E-state index in [9.17, 15) is 13.6 Å². The number of hydrogen-bond acceptors (Lipinski definition) is 5. The minimum Gasteiger partial charge on any atom is -0.493 e. The molecule has 0 unspecified atom stereocenters. The Hall–Kier alpha value is -2.29. The number of aromatic nitrogens is 2. The van der Waals surface area contributed by atoms with E-state index < -0.39 is 6.61 Å². The van der Waals surface area contributed by atoms with E-state index in [-0.39, 0.29) is 28.4 Å². The molecule has 1 atom stereocenters. The quantitative estimate of drug-likeness (QED) is 0.838. The average molecular weight is 383 g/mol. The molecule has 0 bridgehead atoms. The van der Waals surface area contributed by atoms with Crippen molar-refractivity contribution >= 4 is 22.6 Å². The highest BCUT2D eigenvalue weighted by molar-refractivity contribution is 8.14. The van der Waals surface area contributed by atoms with E-state index >= 15 is 0 Å². The third-order valence-corrected chi connectivity index (χ3v) is 5.15. The van der Waals surface area contributed by atoms with Gasteiger partial charge in [-0.3, -0.25) is 14.6 Å². The minimum atomic E-state index is -2.94. The predicted octanol–water partition coefficient (Wildman–Crippen LogP) is 4.25. The van der Waals surface area contributed by atoms with Crippen LogP contribution in [0.15, 0.2) is 28.0 Å². The molecule has 1 aliphatic rings. The third kappa shape index (κ3) is 3.35. The maximum Gasteiger partial charge on any atom is 0.387 e. The Labute approximate surface area is 153 Å². The fourth-order valence-corrected chi connectivity index (χ4v) is 3.95. The SMILES string of the molecule is COc1cc([C@H]2SC(C)=Nc3c2c(=O)[nH]n3C(C)C)ccc1OC(F)F. The normalized spacial score (nSPS) is 16.6. The maximum atomic E-state index is 12.5. The lowest BCUT2D eigenvalue weighted by Gasteiger charge is -2.22. The number of H-pyrrole nitrogens is 1. The van der Waals surface area contributed by atoms with E-state index in [0.29, 0.717) is 11.4 Å². The molecule has 3 rings (SSSR count). The number of nitrogens with one attached hydrogen (secondary N) is 1. The molecule has 1 aromatic carbocycles. The number of aliphatic imine (C=N–C) groups is 1. The van der Waals surface area contributed by atoms with Gasteiger partial charge in [-0.15, -0.1) is 0 Å². The van der Waals surface area contributed by atoms with Gasteiger partial charge in [-0.05, 0) is 38.5 Å². The van der Waals surface area contributed by atoms with Crippen molar-refractivity contribution in [3.63, 3.8) is 0 Å². The zero-order chi connectivity index (χ0) is 19.0. The second-order valence-corrected chi connectivity index (χ2v) is 7.36. The summed E-state index contributed by atoms with van der Waals surface area (Å²) in [5, 5.41) is 3.32. The van der Waals surface area contributed by atoms with Crippen LogP contribution >= 0.6 is 11.8 Å². The highest BCUT2D eigenvalue weighted by Crippen LogP contribution is 2.45. The first-order chi connectivity index (χ1) is 12.3. The number of aromatic amines is 1. The zero-order valence-electron chi connectivity index (χ0n) is 14.7. The van der Waals surface area contributed by atoms with Gasteiger partial charge < -0.3 is 9.47 Å². The Kier molecular flexibility index (Phi) is 5.08. The van der Waals surface area contributed by atoms with Crippen molar-refractivity contribution < 1.29 is 18.3 Å². The molecule has 6 nitrogen and oxygen atoms in total. The van der Waals surface area contributed by atoms with Crippen molar-refractivity contribution in [3.8, 4) is 11.5 Å². The number of rotatable bonds is 5. The molecule has 0 fully saturated rings. The van der Waals surface area contributed by atoms with Crippen LogP contribution in [-0.4, -0.2) is 28.5 Å². The van der Waals surface area contributed by atoms with Crippen LogP contribution in [0.3, 0.4) is 0 Å². The summed E-state index contributed by atoms with van der Waals surface area (Å²) in [6, 6.07) is 4.74. The van der Waals surface area contributed by atoms with Gasteiger partial charge in [0.05, 0.1) is 23.0 Å². The molecule has 0 saturated carbocycles. The van der Waals surface area contributed by atoms with E-state index in [0.717, 1.165) is 10.6 Å². The molecule has 0 spiro atoms. The van der Waals surface area contributed by atoms with Crippen LogP contribution in [0.25, 0.3) is 0 Å². The van der Waals surface area contributed by atoms with Gasteiger partial charge in [-0.2, -0.15) is 8.78 Å². The van der Waals surface area contributed by atoms with E-state index in [1.54, 1.807) is 16.8 Å². The number of benzene rings is 1. The molecule has 1 N–H and O–H groups in total. The van der Waals surface area contributed by atoms with Crippen LogP contribution in [0.2, 0.25) is 0 Å². The monoisotopic (exact) mass is 383 g/mol. The molecule has 2 aromatic rings. The van der Waals surface area contributed by atoms with Gasteiger partial charge in [0.2, 0.25) is 0 Å². The molecule has 0 aliphatic carbocycles. The average Bonchev–Trinajstić information content (AvgIpc) is 2.91. The number of thioether (sulfide) groups is 1. The van der Waals surface area contributed by atoms with Gasteiger partial charge in [0, 0.05) is 6.04 Å². The molecule has 1 aliphatic heterocycles. The van der Waals surface area contributed by atoms with Crippen molar-refractivity contribution in [1.82, 2.24) is 9.78 Å². The summed E-state index contributed by atoms with van der Waals surface area (Å²) in [5.74, 6) is 0.731. The molecule has 2 heterocycles. The third-order valence-electron chi connectivity index (χ3n) is 3.97. The van der Waals surface area contributed by atoms with Crippen LogP contribution in [0, 0.1) is 0 Å². The lowest BCUT2D eigenvalue weighted by molar-refractivity contribution is -0.0512. The molecule has 0 radical (unpaired) electrons. The molecule has 1 aromatic heterocycles. The highest BCUT2D eigenvalue weighted by atomic mass is 32.2. The van der Waals surface area contributed by atoms with Crippen molar-refractivity contribution in [2.75, 3.05) is 7.11 Å². The second-order valence-electron chi connectivity index (χ2n) is 6.06. The summed E-state index contributed by atoms with van der Waals surface area (Å²) < 4.78 is 36.4. The fourth-order valence-electron chi connectivity index (χ4n) is 2.86. The molecular formula is C17H19F2N3O3S. The zero-order valence-corrected chi connectivity index (χ0v) is 15.6. The molecule has 0 amide bonds. The highest BCUT2D eigenvalue weighted by Gasteiger charge is 2.31. The Morgan fingerprint density at radius 1 is 1.31 bits per heavy atom. The van der Waals surface area contributed by atoms with Crippen molar-refractivity contribution in [3.05, 3.63) is 39.7 Å². The summed E-state index contributed by atoms with van der Waals surface area (Å²) >= 11 is 1.43. The maximum absolute atomic E-state index is 12.5. The van der Waals surface area contributed by atoms with Crippen molar-refractivity contribution in [1.29, 1.82) is 0 Å². The van der Waals surface area contributed by atoms with E-state index in [1.807, 2.05) is 20.8 Å². The van der Waals surface area contributed by atoms with Crippen LogP contribution in [0.4, 0.5) is 14.6 Å². The first-order valence-electron chi connectivity index (χ1n) is 8.01. The van der Waals surface area contributed by atoms with Crippen LogP contribution in [0.5, 0.6) is 11.5 Å². The Morgan fingerprint density at radius 3 is 2.65 bits per heavy atom. The first-order valence-corrected chi connectivity index (χ1v) is 8.88. The predicted molar refractivity (Wildman–Crippen MR) is 97.3 cm³/mol. The number of nitrogens with zero attached hydrogens (tertiary/aromatic N) is 2. The van der Waals surface area contributed by atoms with Gasteiger partial charge in [0.1, 0.15) is 0 Å². The largest absolute Gasteiger partial charge is 0.493 e. The summed E-state index contributed by atoms with van der Waals surface area (Å²) in [5.41, 5.74) is 1.07. The summed E-state index contributed by atoms with van der Waals surface area (Å²) in [6.07, 6.45) is 0. The number of hydrogen-bond donors (Lipinski definition) is 1. The number of alkyl halides is 2. The Balaban J connectivity index is 2.09. The van der Waals surface area contributed by atoms with Crippen LogP contribution in [-0.2, 0) is 0 Å². The van der Waals surface area contributed by atoms with Gasteiger partial charge in [-0.1, -0.05) is 17.8 Å². The number of halogens is 2. The van der Waals surface area contributed by atoms with Gasteiger partial charge in [-0.25, -0.2) is 4.99 Å². The molecular weight excluding hydrogens is 364 g/mol.